The van der Waals surface area contributed by atoms with Gasteiger partial charge >= 0.3 is 0 Å². The number of ether oxygens (including phenoxy) is 2. The molecule has 32 heavy (non-hydrogen) atoms. The van der Waals surface area contributed by atoms with Crippen LogP contribution in [0.2, 0.25) is 5.02 Å². The van der Waals surface area contributed by atoms with Crippen LogP contribution in [0.4, 0.5) is 15.8 Å². The summed E-state index contributed by atoms with van der Waals surface area (Å²) in [5.41, 5.74) is 0.489. The highest BCUT2D eigenvalue weighted by Gasteiger charge is 2.21. The molecule has 2 N–H and O–H groups in total. The molecule has 0 fully saturated rings. The summed E-state index contributed by atoms with van der Waals surface area (Å²) < 4.78 is 51.3. The zero-order valence-electron chi connectivity index (χ0n) is 16.8. The molecule has 0 unspecified atom stereocenters. The summed E-state index contributed by atoms with van der Waals surface area (Å²) in [6.45, 7) is 0.568. The number of aromatic nitrogens is 1. The number of amides is 1. The molecular formula is C21H19ClFN3O5S. The van der Waals surface area contributed by atoms with E-state index in [1.165, 1.54) is 37.6 Å². The second-order valence-electron chi connectivity index (χ2n) is 6.41. The Balaban J connectivity index is 1.82. The molecule has 0 aliphatic rings. The summed E-state index contributed by atoms with van der Waals surface area (Å²) in [4.78, 5) is 16.5. The van der Waals surface area contributed by atoms with Crippen LogP contribution >= 0.6 is 11.6 Å². The molecule has 0 aliphatic heterocycles. The fraction of sp³-hybridized carbons (Fsp3) is 0.143. The number of hydrogen-bond donors (Lipinski definition) is 2. The van der Waals surface area contributed by atoms with E-state index in [4.69, 9.17) is 21.1 Å². The topological polar surface area (TPSA) is 107 Å². The number of pyridine rings is 1. The van der Waals surface area contributed by atoms with Crippen molar-refractivity contribution in [1.82, 2.24) is 4.98 Å². The first kappa shape index (κ1) is 23.5. The van der Waals surface area contributed by atoms with Gasteiger partial charge in [-0.3, -0.25) is 9.52 Å². The predicted octanol–water partition coefficient (Wildman–Crippen LogP) is 3.95. The molecule has 3 aromatic rings. The number of benzene rings is 2. The lowest BCUT2D eigenvalue weighted by molar-refractivity contribution is 0.102. The van der Waals surface area contributed by atoms with Gasteiger partial charge in [-0.15, -0.1) is 0 Å². The van der Waals surface area contributed by atoms with Gasteiger partial charge in [0.25, 0.3) is 15.9 Å². The number of nitrogens with zero attached hydrogens (tertiary/aromatic N) is 1. The van der Waals surface area contributed by atoms with Gasteiger partial charge in [-0.05, 0) is 54.6 Å². The van der Waals surface area contributed by atoms with Crippen molar-refractivity contribution < 1.29 is 27.1 Å². The van der Waals surface area contributed by atoms with E-state index in [-0.39, 0.29) is 33.7 Å². The third kappa shape index (κ3) is 5.94. The lowest BCUT2D eigenvalue weighted by Crippen LogP contribution is -2.17. The molecule has 0 spiro atoms. The maximum absolute atomic E-state index is 13.1. The van der Waals surface area contributed by atoms with E-state index in [9.17, 15) is 17.6 Å². The molecule has 0 saturated carbocycles. The molecule has 0 saturated heterocycles. The minimum Gasteiger partial charge on any atom is -0.474 e. The molecule has 1 amide bonds. The lowest BCUT2D eigenvalue weighted by atomic mass is 10.2. The van der Waals surface area contributed by atoms with Crippen molar-refractivity contribution in [2.24, 2.45) is 0 Å². The highest BCUT2D eigenvalue weighted by atomic mass is 35.5. The Labute approximate surface area is 189 Å². The Morgan fingerprint density at radius 1 is 1.12 bits per heavy atom. The SMILES string of the molecule is COCCOc1ncccc1NC(=O)c1ccc(Cl)c(S(=O)(=O)Nc2ccc(F)cc2)c1. The van der Waals surface area contributed by atoms with Gasteiger partial charge in [0, 0.05) is 24.6 Å². The maximum atomic E-state index is 13.1. The standard InChI is InChI=1S/C21H19ClFN3O5S/c1-30-11-12-31-21-18(3-2-10-24-21)25-20(27)14-4-9-17(22)19(13-14)32(28,29)26-16-7-5-15(23)6-8-16/h2-10,13,26H,11-12H2,1H3,(H,25,27). The fourth-order valence-electron chi connectivity index (χ4n) is 2.60. The predicted molar refractivity (Wildman–Crippen MR) is 118 cm³/mol. The van der Waals surface area contributed by atoms with Gasteiger partial charge in [-0.2, -0.15) is 0 Å². The summed E-state index contributed by atoms with van der Waals surface area (Å²) in [5.74, 6) is -0.909. The van der Waals surface area contributed by atoms with E-state index in [0.29, 0.717) is 12.3 Å². The molecule has 8 nitrogen and oxygen atoms in total. The second kappa shape index (κ2) is 10.4. The Kier molecular flexibility index (Phi) is 7.62. The van der Waals surface area contributed by atoms with Gasteiger partial charge in [0.1, 0.15) is 23.0 Å². The molecular weight excluding hydrogens is 461 g/mol. The van der Waals surface area contributed by atoms with Crippen LogP contribution in [0, 0.1) is 5.82 Å². The van der Waals surface area contributed by atoms with Crippen LogP contribution in [-0.2, 0) is 14.8 Å². The Morgan fingerprint density at radius 2 is 1.88 bits per heavy atom. The molecule has 0 radical (unpaired) electrons. The monoisotopic (exact) mass is 479 g/mol. The van der Waals surface area contributed by atoms with Crippen molar-refractivity contribution in [3.8, 4) is 5.88 Å². The van der Waals surface area contributed by atoms with Crippen molar-refractivity contribution in [2.75, 3.05) is 30.4 Å². The molecule has 2 aromatic carbocycles. The average Bonchev–Trinajstić information content (AvgIpc) is 2.76. The van der Waals surface area contributed by atoms with Crippen molar-refractivity contribution >= 4 is 38.9 Å². The lowest BCUT2D eigenvalue weighted by Gasteiger charge is -2.13. The van der Waals surface area contributed by atoms with E-state index in [1.54, 1.807) is 12.1 Å². The number of sulfonamides is 1. The molecule has 0 atom stereocenters. The number of nitrogens with one attached hydrogen (secondary N) is 2. The molecule has 0 aliphatic carbocycles. The number of rotatable bonds is 9. The minimum atomic E-state index is -4.14. The quantitative estimate of drug-likeness (QED) is 0.450. The summed E-state index contributed by atoms with van der Waals surface area (Å²) >= 11 is 6.08. The van der Waals surface area contributed by atoms with Crippen molar-refractivity contribution in [3.63, 3.8) is 0 Å². The summed E-state index contributed by atoms with van der Waals surface area (Å²) in [5, 5.41) is 2.56. The first-order valence-electron chi connectivity index (χ1n) is 9.26. The maximum Gasteiger partial charge on any atom is 0.263 e. The first-order chi connectivity index (χ1) is 15.3. The third-order valence-corrected chi connectivity index (χ3v) is 5.99. The van der Waals surface area contributed by atoms with Crippen LogP contribution < -0.4 is 14.8 Å². The van der Waals surface area contributed by atoms with Crippen LogP contribution in [0.25, 0.3) is 0 Å². The molecule has 168 valence electrons. The van der Waals surface area contributed by atoms with Gasteiger partial charge in [0.2, 0.25) is 5.88 Å². The van der Waals surface area contributed by atoms with Crippen molar-refractivity contribution in [3.05, 3.63) is 77.2 Å². The number of methoxy groups -OCH3 is 1. The van der Waals surface area contributed by atoms with Gasteiger partial charge in [0.15, 0.2) is 0 Å². The molecule has 11 heteroatoms. The van der Waals surface area contributed by atoms with Gasteiger partial charge in [-0.1, -0.05) is 11.6 Å². The van der Waals surface area contributed by atoms with Crippen LogP contribution in [-0.4, -0.2) is 39.6 Å². The van der Waals surface area contributed by atoms with E-state index in [2.05, 4.69) is 15.0 Å². The van der Waals surface area contributed by atoms with Crippen LogP contribution in [0.5, 0.6) is 5.88 Å². The Morgan fingerprint density at radius 3 is 2.59 bits per heavy atom. The molecule has 1 heterocycles. The summed E-state index contributed by atoms with van der Waals surface area (Å²) in [6, 6.07) is 11.8. The fourth-order valence-corrected chi connectivity index (χ4v) is 4.18. The van der Waals surface area contributed by atoms with Crippen LogP contribution in [0.1, 0.15) is 10.4 Å². The highest BCUT2D eigenvalue weighted by molar-refractivity contribution is 7.92. The smallest absolute Gasteiger partial charge is 0.263 e. The summed E-state index contributed by atoms with van der Waals surface area (Å²) in [7, 11) is -2.61. The molecule has 0 bridgehead atoms. The largest absolute Gasteiger partial charge is 0.474 e. The van der Waals surface area contributed by atoms with Gasteiger partial charge < -0.3 is 14.8 Å². The van der Waals surface area contributed by atoms with Crippen molar-refractivity contribution in [2.45, 2.75) is 4.90 Å². The molecule has 1 aromatic heterocycles. The van der Waals surface area contributed by atoms with E-state index < -0.39 is 21.7 Å². The Hall–Kier alpha value is -3.21. The molecule has 3 rings (SSSR count). The van der Waals surface area contributed by atoms with E-state index >= 15 is 0 Å². The number of anilines is 2. The van der Waals surface area contributed by atoms with E-state index in [1.807, 2.05) is 0 Å². The second-order valence-corrected chi connectivity index (χ2v) is 8.47. The van der Waals surface area contributed by atoms with Gasteiger partial charge in [0.05, 0.1) is 11.6 Å². The number of carbonyl (C=O) groups is 1. The third-order valence-electron chi connectivity index (χ3n) is 4.12. The normalized spacial score (nSPS) is 11.1. The number of halogens is 2. The number of hydrogen-bond acceptors (Lipinski definition) is 6. The van der Waals surface area contributed by atoms with Crippen molar-refractivity contribution in [1.29, 1.82) is 0 Å². The minimum absolute atomic E-state index is 0.0422. The summed E-state index contributed by atoms with van der Waals surface area (Å²) in [6.07, 6.45) is 1.51. The van der Waals surface area contributed by atoms with Gasteiger partial charge in [-0.25, -0.2) is 17.8 Å². The zero-order valence-corrected chi connectivity index (χ0v) is 18.4. The highest BCUT2D eigenvalue weighted by Crippen LogP contribution is 2.27. The van der Waals surface area contributed by atoms with E-state index in [0.717, 1.165) is 18.2 Å². The van der Waals surface area contributed by atoms with Crippen LogP contribution in [0.15, 0.2) is 65.7 Å². The van der Waals surface area contributed by atoms with Crippen LogP contribution in [0.3, 0.4) is 0 Å². The average molecular weight is 480 g/mol. The Bertz CT molecular complexity index is 1210. The first-order valence-corrected chi connectivity index (χ1v) is 11.1. The zero-order chi connectivity index (χ0) is 23.1. The number of carbonyl (C=O) groups excluding carboxylic acids is 1.